The highest BCUT2D eigenvalue weighted by molar-refractivity contribution is 5.45. The number of nitrogens with zero attached hydrogens (tertiary/aromatic N) is 2. The molecule has 0 unspecified atom stereocenters. The fraction of sp³-hybridized carbons (Fsp3) is 0.417. The van der Waals surface area contributed by atoms with Crippen molar-refractivity contribution in [3.05, 3.63) is 30.1 Å². The van der Waals surface area contributed by atoms with Gasteiger partial charge in [0.15, 0.2) is 0 Å². The molecule has 80 valence electrons. The molecule has 0 aromatic heterocycles. The molecule has 1 rings (SSSR count). The lowest BCUT2D eigenvalue weighted by atomic mass is 10.2. The van der Waals surface area contributed by atoms with Crippen molar-refractivity contribution in [3.63, 3.8) is 0 Å². The summed E-state index contributed by atoms with van der Waals surface area (Å²) in [4.78, 5) is 2.00. The minimum atomic E-state index is -0.212. The van der Waals surface area contributed by atoms with Gasteiger partial charge in [0, 0.05) is 25.7 Å². The van der Waals surface area contributed by atoms with Crippen LogP contribution in [-0.2, 0) is 0 Å². The fourth-order valence-electron chi connectivity index (χ4n) is 1.40. The highest BCUT2D eigenvalue weighted by atomic mass is 19.1. The summed E-state index contributed by atoms with van der Waals surface area (Å²) in [6, 6.07) is 8.65. The molecule has 0 N–H and O–H groups in total. The monoisotopic (exact) mass is 206 g/mol. The number of halogens is 1. The molecule has 0 amide bonds. The summed E-state index contributed by atoms with van der Waals surface area (Å²) in [5, 5.41) is 8.37. The number of rotatable bonds is 5. The summed E-state index contributed by atoms with van der Waals surface area (Å²) in [5.74, 6) is -0.212. The Morgan fingerprint density at radius 2 is 2.20 bits per heavy atom. The van der Waals surface area contributed by atoms with Crippen LogP contribution < -0.4 is 4.90 Å². The first-order valence-corrected chi connectivity index (χ1v) is 5.07. The minimum absolute atomic E-state index is 0.212. The van der Waals surface area contributed by atoms with Gasteiger partial charge in [0.1, 0.15) is 5.82 Å². The van der Waals surface area contributed by atoms with E-state index in [1.165, 1.54) is 12.1 Å². The predicted octanol–water partition coefficient (Wildman–Crippen LogP) is 2.96. The number of hydrogen-bond donors (Lipinski definition) is 0. The minimum Gasteiger partial charge on any atom is -0.375 e. The van der Waals surface area contributed by atoms with Crippen molar-refractivity contribution in [3.8, 4) is 6.07 Å². The predicted molar refractivity (Wildman–Crippen MR) is 59.1 cm³/mol. The first-order valence-electron chi connectivity index (χ1n) is 5.07. The molecule has 2 nitrogen and oxygen atoms in total. The van der Waals surface area contributed by atoms with Gasteiger partial charge in [0.2, 0.25) is 0 Å². The van der Waals surface area contributed by atoms with Gasteiger partial charge in [-0.25, -0.2) is 4.39 Å². The lowest BCUT2D eigenvalue weighted by molar-refractivity contribution is 0.626. The van der Waals surface area contributed by atoms with Crippen molar-refractivity contribution in [2.75, 3.05) is 18.5 Å². The Bertz CT molecular complexity index is 344. The number of benzene rings is 1. The van der Waals surface area contributed by atoms with Crippen LogP contribution in [0.25, 0.3) is 0 Å². The zero-order valence-electron chi connectivity index (χ0n) is 8.91. The largest absolute Gasteiger partial charge is 0.375 e. The van der Waals surface area contributed by atoms with E-state index in [-0.39, 0.29) is 5.82 Å². The quantitative estimate of drug-likeness (QED) is 0.692. The van der Waals surface area contributed by atoms with Gasteiger partial charge >= 0.3 is 0 Å². The van der Waals surface area contributed by atoms with Crippen molar-refractivity contribution < 1.29 is 4.39 Å². The molecular formula is C12H15FN2. The van der Waals surface area contributed by atoms with Gasteiger partial charge in [-0.05, 0) is 31.0 Å². The Balaban J connectivity index is 2.40. The third kappa shape index (κ3) is 3.99. The third-order valence-corrected chi connectivity index (χ3v) is 2.28. The molecule has 1 aromatic carbocycles. The molecule has 0 bridgehead atoms. The van der Waals surface area contributed by atoms with E-state index in [1.807, 2.05) is 18.0 Å². The van der Waals surface area contributed by atoms with Gasteiger partial charge in [-0.2, -0.15) is 5.26 Å². The van der Waals surface area contributed by atoms with Crippen LogP contribution in [0.15, 0.2) is 24.3 Å². The second-order valence-electron chi connectivity index (χ2n) is 3.52. The molecule has 1 aromatic rings. The zero-order chi connectivity index (χ0) is 11.1. The Labute approximate surface area is 89.9 Å². The molecule has 3 heteroatoms. The van der Waals surface area contributed by atoms with Crippen LogP contribution in [0.5, 0.6) is 0 Å². The standard InChI is InChI=1S/C12H15FN2/c1-15(9-4-2-3-8-14)12-7-5-6-11(13)10-12/h5-7,10H,2-4,9H2,1H3. The molecule has 0 atom stereocenters. The highest BCUT2D eigenvalue weighted by Gasteiger charge is 2.01. The Kier molecular flexibility index (Phi) is 4.62. The summed E-state index contributed by atoms with van der Waals surface area (Å²) >= 11 is 0. The van der Waals surface area contributed by atoms with Crippen LogP contribution in [0.3, 0.4) is 0 Å². The first kappa shape index (κ1) is 11.5. The van der Waals surface area contributed by atoms with Gasteiger partial charge < -0.3 is 4.90 Å². The van der Waals surface area contributed by atoms with E-state index in [1.54, 1.807) is 6.07 Å². The van der Waals surface area contributed by atoms with E-state index in [0.717, 1.165) is 25.1 Å². The Hall–Kier alpha value is -1.56. The van der Waals surface area contributed by atoms with Crippen molar-refractivity contribution >= 4 is 5.69 Å². The summed E-state index contributed by atoms with van der Waals surface area (Å²) in [6.45, 7) is 0.852. The van der Waals surface area contributed by atoms with E-state index in [0.29, 0.717) is 6.42 Å². The van der Waals surface area contributed by atoms with Gasteiger partial charge in [-0.3, -0.25) is 0 Å². The lowest BCUT2D eigenvalue weighted by Crippen LogP contribution is -2.18. The third-order valence-electron chi connectivity index (χ3n) is 2.28. The van der Waals surface area contributed by atoms with Gasteiger partial charge in [0.05, 0.1) is 6.07 Å². The number of anilines is 1. The molecule has 0 heterocycles. The zero-order valence-corrected chi connectivity index (χ0v) is 8.91. The molecule has 0 fully saturated rings. The maximum absolute atomic E-state index is 12.9. The van der Waals surface area contributed by atoms with Crippen LogP contribution in [0.4, 0.5) is 10.1 Å². The molecule has 0 aliphatic heterocycles. The van der Waals surface area contributed by atoms with Crippen molar-refractivity contribution in [2.24, 2.45) is 0 Å². The summed E-state index contributed by atoms with van der Waals surface area (Å²) in [6.07, 6.45) is 2.45. The SMILES string of the molecule is CN(CCCCC#N)c1cccc(F)c1. The van der Waals surface area contributed by atoms with Crippen LogP contribution in [-0.4, -0.2) is 13.6 Å². The van der Waals surface area contributed by atoms with E-state index >= 15 is 0 Å². The molecule has 0 spiro atoms. The molecular weight excluding hydrogens is 191 g/mol. The summed E-state index contributed by atoms with van der Waals surface area (Å²) in [5.41, 5.74) is 0.881. The van der Waals surface area contributed by atoms with E-state index in [2.05, 4.69) is 6.07 Å². The number of nitriles is 1. The summed E-state index contributed by atoms with van der Waals surface area (Å²) < 4.78 is 12.9. The topological polar surface area (TPSA) is 27.0 Å². The average molecular weight is 206 g/mol. The molecule has 0 aliphatic rings. The first-order chi connectivity index (χ1) is 7.24. The normalized spacial score (nSPS) is 9.67. The second-order valence-corrected chi connectivity index (χ2v) is 3.52. The van der Waals surface area contributed by atoms with E-state index in [9.17, 15) is 4.39 Å². The van der Waals surface area contributed by atoms with Crippen molar-refractivity contribution in [1.29, 1.82) is 5.26 Å². The second kappa shape index (κ2) is 6.02. The van der Waals surface area contributed by atoms with Crippen LogP contribution >= 0.6 is 0 Å². The molecule has 0 saturated heterocycles. The highest BCUT2D eigenvalue weighted by Crippen LogP contribution is 2.14. The average Bonchev–Trinajstić information content (AvgIpc) is 2.24. The van der Waals surface area contributed by atoms with Crippen molar-refractivity contribution in [2.45, 2.75) is 19.3 Å². The van der Waals surface area contributed by atoms with E-state index in [4.69, 9.17) is 5.26 Å². The van der Waals surface area contributed by atoms with Gasteiger partial charge in [-0.1, -0.05) is 6.07 Å². The molecule has 0 radical (unpaired) electrons. The fourth-order valence-corrected chi connectivity index (χ4v) is 1.40. The number of hydrogen-bond acceptors (Lipinski definition) is 2. The number of unbranched alkanes of at least 4 members (excludes halogenated alkanes) is 2. The maximum Gasteiger partial charge on any atom is 0.125 e. The van der Waals surface area contributed by atoms with Gasteiger partial charge in [-0.15, -0.1) is 0 Å². The van der Waals surface area contributed by atoms with Crippen LogP contribution in [0, 0.1) is 17.1 Å². The molecule has 0 saturated carbocycles. The van der Waals surface area contributed by atoms with Crippen LogP contribution in [0.2, 0.25) is 0 Å². The Morgan fingerprint density at radius 3 is 2.87 bits per heavy atom. The van der Waals surface area contributed by atoms with E-state index < -0.39 is 0 Å². The van der Waals surface area contributed by atoms with Crippen LogP contribution in [0.1, 0.15) is 19.3 Å². The maximum atomic E-state index is 12.9. The molecule has 15 heavy (non-hydrogen) atoms. The lowest BCUT2D eigenvalue weighted by Gasteiger charge is -2.18. The van der Waals surface area contributed by atoms with Gasteiger partial charge in [0.25, 0.3) is 0 Å². The Morgan fingerprint density at radius 1 is 1.40 bits per heavy atom. The van der Waals surface area contributed by atoms with Crippen molar-refractivity contribution in [1.82, 2.24) is 0 Å². The summed E-state index contributed by atoms with van der Waals surface area (Å²) in [7, 11) is 1.93. The molecule has 0 aliphatic carbocycles. The smallest absolute Gasteiger partial charge is 0.125 e.